The zero-order valence-electron chi connectivity index (χ0n) is 18.8. The fourth-order valence-corrected chi connectivity index (χ4v) is 6.52. The molecule has 0 radical (unpaired) electrons. The number of amides is 1. The summed E-state index contributed by atoms with van der Waals surface area (Å²) in [5.74, 6) is 0.744. The number of aromatic nitrogens is 1. The van der Waals surface area contributed by atoms with E-state index in [-0.39, 0.29) is 5.91 Å². The summed E-state index contributed by atoms with van der Waals surface area (Å²) in [6, 6.07) is 18.3. The molecule has 0 fully saturated rings. The van der Waals surface area contributed by atoms with Crippen molar-refractivity contribution in [3.05, 3.63) is 65.0 Å². The maximum atomic E-state index is 12.8. The van der Waals surface area contributed by atoms with E-state index in [9.17, 15) is 4.79 Å². The fraction of sp³-hybridized carbons (Fsp3) is 0.308. The molecule has 170 valence electrons. The Kier molecular flexibility index (Phi) is 6.44. The van der Waals surface area contributed by atoms with Gasteiger partial charge in [0.15, 0.2) is 0 Å². The Hall–Kier alpha value is -2.74. The molecule has 3 heterocycles. The summed E-state index contributed by atoms with van der Waals surface area (Å²) >= 11 is 3.40. The van der Waals surface area contributed by atoms with E-state index in [0.717, 1.165) is 46.3 Å². The molecule has 0 atom stereocenters. The quantitative estimate of drug-likeness (QED) is 0.344. The molecule has 1 N–H and O–H groups in total. The third kappa shape index (κ3) is 4.81. The van der Waals surface area contributed by atoms with Crippen molar-refractivity contribution in [2.75, 3.05) is 18.5 Å². The second-order valence-electron chi connectivity index (χ2n) is 8.47. The van der Waals surface area contributed by atoms with Crippen molar-refractivity contribution in [2.45, 2.75) is 39.3 Å². The SMILES string of the molecule is CC(C)N1CCc2c(sc(NC(=O)CCOc3ccccc3)c2-c2nc3ccccc3s2)C1. The average molecular weight is 478 g/mol. The molecule has 5 rings (SSSR count). The van der Waals surface area contributed by atoms with Gasteiger partial charge in [-0.2, -0.15) is 0 Å². The van der Waals surface area contributed by atoms with E-state index >= 15 is 0 Å². The van der Waals surface area contributed by atoms with Gasteiger partial charge in [-0.1, -0.05) is 30.3 Å². The second kappa shape index (κ2) is 9.63. The van der Waals surface area contributed by atoms with Gasteiger partial charge in [0.1, 0.15) is 15.8 Å². The van der Waals surface area contributed by atoms with Crippen LogP contribution in [0.15, 0.2) is 54.6 Å². The minimum Gasteiger partial charge on any atom is -0.493 e. The zero-order valence-corrected chi connectivity index (χ0v) is 20.5. The number of thiophene rings is 1. The first kappa shape index (κ1) is 22.1. The smallest absolute Gasteiger partial charge is 0.228 e. The van der Waals surface area contributed by atoms with Gasteiger partial charge in [-0.15, -0.1) is 22.7 Å². The Labute approximate surface area is 202 Å². The predicted octanol–water partition coefficient (Wildman–Crippen LogP) is 6.20. The zero-order chi connectivity index (χ0) is 22.8. The highest BCUT2D eigenvalue weighted by atomic mass is 32.1. The second-order valence-corrected chi connectivity index (χ2v) is 10.6. The van der Waals surface area contributed by atoms with Gasteiger partial charge in [0, 0.05) is 29.6 Å². The van der Waals surface area contributed by atoms with Crippen molar-refractivity contribution >= 4 is 43.8 Å². The molecule has 4 aromatic rings. The van der Waals surface area contributed by atoms with E-state index in [1.165, 1.54) is 15.1 Å². The summed E-state index contributed by atoms with van der Waals surface area (Å²) < 4.78 is 6.88. The molecule has 5 nitrogen and oxygen atoms in total. The largest absolute Gasteiger partial charge is 0.493 e. The minimum atomic E-state index is -0.0346. The van der Waals surface area contributed by atoms with Crippen LogP contribution >= 0.6 is 22.7 Å². The third-order valence-electron chi connectivity index (χ3n) is 5.92. The van der Waals surface area contributed by atoms with Crippen molar-refractivity contribution in [2.24, 2.45) is 0 Å². The lowest BCUT2D eigenvalue weighted by Gasteiger charge is -2.30. The molecule has 1 amide bonds. The van der Waals surface area contributed by atoms with Gasteiger partial charge >= 0.3 is 0 Å². The van der Waals surface area contributed by atoms with Gasteiger partial charge in [-0.3, -0.25) is 9.69 Å². The Bertz CT molecular complexity index is 1230. The van der Waals surface area contributed by atoms with E-state index in [1.54, 1.807) is 22.7 Å². The van der Waals surface area contributed by atoms with Crippen LogP contribution in [0.25, 0.3) is 20.8 Å². The number of thiazole rings is 1. The standard InChI is InChI=1S/C26H27N3O2S2/c1-17(2)29-14-12-19-22(16-29)33-26(24(19)25-27-20-10-6-7-11-21(20)32-25)28-23(30)13-15-31-18-8-4-3-5-9-18/h3-11,17H,12-16H2,1-2H3,(H,28,30). The van der Waals surface area contributed by atoms with Gasteiger partial charge in [0.2, 0.25) is 5.91 Å². The molecule has 33 heavy (non-hydrogen) atoms. The maximum Gasteiger partial charge on any atom is 0.228 e. The highest BCUT2D eigenvalue weighted by Gasteiger charge is 2.28. The molecular formula is C26H27N3O2S2. The lowest BCUT2D eigenvalue weighted by molar-refractivity contribution is -0.116. The molecule has 0 spiro atoms. The lowest BCUT2D eigenvalue weighted by Crippen LogP contribution is -2.35. The van der Waals surface area contributed by atoms with Crippen molar-refractivity contribution in [3.63, 3.8) is 0 Å². The summed E-state index contributed by atoms with van der Waals surface area (Å²) in [6.07, 6.45) is 1.27. The number of carbonyl (C=O) groups excluding carboxylic acids is 1. The number of nitrogens with one attached hydrogen (secondary N) is 1. The number of ether oxygens (including phenoxy) is 1. The van der Waals surface area contributed by atoms with Crippen LogP contribution in [0.4, 0.5) is 5.00 Å². The molecule has 2 aromatic heterocycles. The van der Waals surface area contributed by atoms with Gasteiger partial charge in [0.25, 0.3) is 0 Å². The number of rotatable bonds is 7. The van der Waals surface area contributed by atoms with E-state index in [0.29, 0.717) is 19.1 Å². The van der Waals surface area contributed by atoms with Crippen LogP contribution in [-0.4, -0.2) is 35.0 Å². The van der Waals surface area contributed by atoms with Crippen LogP contribution in [-0.2, 0) is 17.8 Å². The Balaban J connectivity index is 1.40. The molecule has 2 aromatic carbocycles. The topological polar surface area (TPSA) is 54.5 Å². The number of hydrogen-bond acceptors (Lipinski definition) is 6. The summed E-state index contributed by atoms with van der Waals surface area (Å²) in [4.78, 5) is 21.6. The van der Waals surface area contributed by atoms with E-state index < -0.39 is 0 Å². The number of hydrogen-bond donors (Lipinski definition) is 1. The fourth-order valence-electron chi connectivity index (χ4n) is 4.12. The number of nitrogens with zero attached hydrogens (tertiary/aromatic N) is 2. The minimum absolute atomic E-state index is 0.0346. The summed E-state index contributed by atoms with van der Waals surface area (Å²) in [7, 11) is 0. The molecule has 1 aliphatic rings. The van der Waals surface area contributed by atoms with Crippen LogP contribution in [0.3, 0.4) is 0 Å². The first-order valence-corrected chi connectivity index (χ1v) is 12.9. The Morgan fingerprint density at radius 3 is 2.70 bits per heavy atom. The monoisotopic (exact) mass is 477 g/mol. The van der Waals surface area contributed by atoms with Crippen molar-refractivity contribution < 1.29 is 9.53 Å². The van der Waals surface area contributed by atoms with Gasteiger partial charge in [-0.05, 0) is 50.1 Å². The lowest BCUT2D eigenvalue weighted by atomic mass is 10.0. The third-order valence-corrected chi connectivity index (χ3v) is 8.10. The molecule has 7 heteroatoms. The number of para-hydroxylation sites is 2. The van der Waals surface area contributed by atoms with Crippen LogP contribution in [0, 0.1) is 0 Å². The molecule has 0 saturated carbocycles. The summed E-state index contributed by atoms with van der Waals surface area (Å²) in [6.45, 7) is 6.77. The Morgan fingerprint density at radius 2 is 1.91 bits per heavy atom. The normalized spacial score (nSPS) is 13.9. The van der Waals surface area contributed by atoms with Gasteiger partial charge in [-0.25, -0.2) is 4.98 Å². The predicted molar refractivity (Wildman–Crippen MR) is 137 cm³/mol. The van der Waals surface area contributed by atoms with Crippen LogP contribution in [0.2, 0.25) is 0 Å². The molecule has 0 bridgehead atoms. The van der Waals surface area contributed by atoms with Crippen molar-refractivity contribution in [3.8, 4) is 16.3 Å². The molecule has 1 aliphatic heterocycles. The molecular weight excluding hydrogens is 450 g/mol. The van der Waals surface area contributed by atoms with Gasteiger partial charge in [0.05, 0.1) is 23.2 Å². The van der Waals surface area contributed by atoms with Crippen molar-refractivity contribution in [1.29, 1.82) is 0 Å². The summed E-state index contributed by atoms with van der Waals surface area (Å²) in [5.41, 5.74) is 3.45. The highest BCUT2D eigenvalue weighted by molar-refractivity contribution is 7.22. The molecule has 0 saturated heterocycles. The summed E-state index contributed by atoms with van der Waals surface area (Å²) in [5, 5.41) is 5.09. The van der Waals surface area contributed by atoms with E-state index in [1.807, 2.05) is 48.5 Å². The maximum absolute atomic E-state index is 12.8. The number of fused-ring (bicyclic) bond motifs is 2. The number of benzene rings is 2. The van der Waals surface area contributed by atoms with Gasteiger partial charge < -0.3 is 10.1 Å². The highest BCUT2D eigenvalue weighted by Crippen LogP contribution is 2.45. The number of anilines is 1. The van der Waals surface area contributed by atoms with Crippen LogP contribution < -0.4 is 10.1 Å². The van der Waals surface area contributed by atoms with E-state index in [4.69, 9.17) is 9.72 Å². The van der Waals surface area contributed by atoms with Crippen LogP contribution in [0.5, 0.6) is 5.75 Å². The van der Waals surface area contributed by atoms with Crippen LogP contribution in [0.1, 0.15) is 30.7 Å². The number of carbonyl (C=O) groups is 1. The first-order valence-electron chi connectivity index (χ1n) is 11.3. The Morgan fingerprint density at radius 1 is 1.12 bits per heavy atom. The van der Waals surface area contributed by atoms with E-state index in [2.05, 4.69) is 30.1 Å². The van der Waals surface area contributed by atoms with Crippen molar-refractivity contribution in [1.82, 2.24) is 9.88 Å². The first-order chi connectivity index (χ1) is 16.1. The molecule has 0 aliphatic carbocycles. The average Bonchev–Trinajstić information content (AvgIpc) is 3.39. The molecule has 0 unspecified atom stereocenters.